The summed E-state index contributed by atoms with van der Waals surface area (Å²) in [6.07, 6.45) is 0. The maximum atomic E-state index is 12.5. The molecule has 0 spiro atoms. The highest BCUT2D eigenvalue weighted by Gasteiger charge is 2.14. The Balaban J connectivity index is 1.55. The summed E-state index contributed by atoms with van der Waals surface area (Å²) >= 11 is 5.20. The summed E-state index contributed by atoms with van der Waals surface area (Å²) in [5.41, 5.74) is 1.45. The molecule has 0 radical (unpaired) electrons. The minimum absolute atomic E-state index is 0.0955. The number of anilines is 2. The van der Waals surface area contributed by atoms with Gasteiger partial charge in [-0.3, -0.25) is 14.8 Å². The third-order valence-corrected chi connectivity index (χ3v) is 5.98. The van der Waals surface area contributed by atoms with E-state index < -0.39 is 10.0 Å². The van der Waals surface area contributed by atoms with Gasteiger partial charge in [-0.25, -0.2) is 8.42 Å². The van der Waals surface area contributed by atoms with Crippen LogP contribution in [0.5, 0.6) is 5.75 Å². The fraction of sp³-hybridized carbons (Fsp3) is 0.167. The Bertz CT molecular complexity index is 1190. The van der Waals surface area contributed by atoms with Crippen molar-refractivity contribution >= 4 is 44.6 Å². The van der Waals surface area contributed by atoms with E-state index in [-0.39, 0.29) is 15.9 Å². The standard InChI is InChI=1S/C24H25N3O4S2/c1-17(2)16-31-21-12-8-18(9-13-21)23(28)26-24(32)25-19-10-14-22(15-11-19)33(29,30)27-20-6-4-3-5-7-20/h3-15,17,27H,16H2,1-2H3,(H2,25,26,28,32). The van der Waals surface area contributed by atoms with Gasteiger partial charge in [-0.1, -0.05) is 32.0 Å². The highest BCUT2D eigenvalue weighted by atomic mass is 32.2. The van der Waals surface area contributed by atoms with E-state index in [0.29, 0.717) is 35.2 Å². The Labute approximate surface area is 199 Å². The highest BCUT2D eigenvalue weighted by molar-refractivity contribution is 7.92. The number of thiocarbonyl (C=S) groups is 1. The second-order valence-corrected chi connectivity index (χ2v) is 9.72. The lowest BCUT2D eigenvalue weighted by Gasteiger charge is -2.12. The molecular formula is C24H25N3O4S2. The molecule has 3 N–H and O–H groups in total. The Morgan fingerprint density at radius 1 is 0.909 bits per heavy atom. The SMILES string of the molecule is CC(C)COc1ccc(C(=O)NC(=S)Nc2ccc(S(=O)(=O)Nc3ccccc3)cc2)cc1. The molecule has 0 saturated heterocycles. The molecule has 9 heteroatoms. The molecule has 0 aliphatic rings. The largest absolute Gasteiger partial charge is 0.493 e. The predicted octanol–water partition coefficient (Wildman–Crippen LogP) is 4.65. The van der Waals surface area contributed by atoms with E-state index in [1.165, 1.54) is 12.1 Å². The van der Waals surface area contributed by atoms with Crippen LogP contribution in [0.4, 0.5) is 11.4 Å². The average molecular weight is 484 g/mol. The van der Waals surface area contributed by atoms with E-state index in [9.17, 15) is 13.2 Å². The second kappa shape index (κ2) is 10.9. The van der Waals surface area contributed by atoms with Crippen molar-refractivity contribution in [2.75, 3.05) is 16.6 Å². The van der Waals surface area contributed by atoms with Crippen LogP contribution in [0.25, 0.3) is 0 Å². The minimum Gasteiger partial charge on any atom is -0.493 e. The van der Waals surface area contributed by atoms with Crippen molar-refractivity contribution < 1.29 is 17.9 Å². The predicted molar refractivity (Wildman–Crippen MR) is 134 cm³/mol. The smallest absolute Gasteiger partial charge is 0.261 e. The summed E-state index contributed by atoms with van der Waals surface area (Å²) in [5, 5.41) is 5.57. The molecule has 0 aliphatic carbocycles. The zero-order valence-electron chi connectivity index (χ0n) is 18.2. The minimum atomic E-state index is -3.72. The van der Waals surface area contributed by atoms with Crippen LogP contribution in [-0.4, -0.2) is 26.0 Å². The Kier molecular flexibility index (Phi) is 8.02. The van der Waals surface area contributed by atoms with Crippen LogP contribution >= 0.6 is 12.2 Å². The van der Waals surface area contributed by atoms with Crippen molar-refractivity contribution in [2.24, 2.45) is 5.92 Å². The van der Waals surface area contributed by atoms with Crippen LogP contribution in [0.3, 0.4) is 0 Å². The highest BCUT2D eigenvalue weighted by Crippen LogP contribution is 2.18. The van der Waals surface area contributed by atoms with Gasteiger partial charge in [0.25, 0.3) is 15.9 Å². The molecular weight excluding hydrogens is 458 g/mol. The first-order valence-electron chi connectivity index (χ1n) is 10.3. The fourth-order valence-electron chi connectivity index (χ4n) is 2.74. The molecule has 0 heterocycles. The van der Waals surface area contributed by atoms with Gasteiger partial charge in [0, 0.05) is 16.9 Å². The molecule has 33 heavy (non-hydrogen) atoms. The summed E-state index contributed by atoms with van der Waals surface area (Å²) in [6.45, 7) is 4.72. The lowest BCUT2D eigenvalue weighted by Crippen LogP contribution is -2.34. The Hall–Kier alpha value is -3.43. The number of carbonyl (C=O) groups excluding carboxylic acids is 1. The molecule has 0 atom stereocenters. The zero-order valence-corrected chi connectivity index (χ0v) is 19.9. The van der Waals surface area contributed by atoms with Crippen LogP contribution in [0.1, 0.15) is 24.2 Å². The number of hydrogen-bond donors (Lipinski definition) is 3. The quantitative estimate of drug-likeness (QED) is 0.404. The van der Waals surface area contributed by atoms with Gasteiger partial charge in [-0.15, -0.1) is 0 Å². The number of nitrogens with one attached hydrogen (secondary N) is 3. The van der Waals surface area contributed by atoms with Crippen molar-refractivity contribution in [3.63, 3.8) is 0 Å². The zero-order chi connectivity index (χ0) is 23.8. The lowest BCUT2D eigenvalue weighted by molar-refractivity contribution is 0.0977. The second-order valence-electron chi connectivity index (χ2n) is 7.63. The van der Waals surface area contributed by atoms with Crippen LogP contribution in [0, 0.1) is 5.92 Å². The molecule has 0 bridgehead atoms. The number of para-hydroxylation sites is 1. The third-order valence-electron chi connectivity index (χ3n) is 4.38. The molecule has 172 valence electrons. The molecule has 1 amide bonds. The van der Waals surface area contributed by atoms with E-state index >= 15 is 0 Å². The van der Waals surface area contributed by atoms with Crippen LogP contribution in [-0.2, 0) is 10.0 Å². The van der Waals surface area contributed by atoms with Crippen molar-refractivity contribution in [2.45, 2.75) is 18.7 Å². The molecule has 3 aromatic rings. The van der Waals surface area contributed by atoms with E-state index in [2.05, 4.69) is 29.2 Å². The number of ether oxygens (including phenoxy) is 1. The fourth-order valence-corrected chi connectivity index (χ4v) is 4.01. The normalized spacial score (nSPS) is 11.0. The maximum absolute atomic E-state index is 12.5. The monoisotopic (exact) mass is 483 g/mol. The van der Waals surface area contributed by atoms with Crippen LogP contribution in [0.15, 0.2) is 83.8 Å². The first-order chi connectivity index (χ1) is 15.7. The Morgan fingerprint density at radius 3 is 2.15 bits per heavy atom. The number of carbonyl (C=O) groups is 1. The van der Waals surface area contributed by atoms with Crippen LogP contribution in [0.2, 0.25) is 0 Å². The van der Waals surface area contributed by atoms with Crippen molar-refractivity contribution in [1.29, 1.82) is 0 Å². The van der Waals surface area contributed by atoms with Gasteiger partial charge in [0.2, 0.25) is 0 Å². The maximum Gasteiger partial charge on any atom is 0.261 e. The van der Waals surface area contributed by atoms with Gasteiger partial charge >= 0.3 is 0 Å². The summed E-state index contributed by atoms with van der Waals surface area (Å²) in [5.74, 6) is 0.734. The summed E-state index contributed by atoms with van der Waals surface area (Å²) in [7, 11) is -3.72. The summed E-state index contributed by atoms with van der Waals surface area (Å²) < 4.78 is 33.2. The van der Waals surface area contributed by atoms with Crippen molar-refractivity contribution in [3.05, 3.63) is 84.4 Å². The molecule has 0 unspecified atom stereocenters. The molecule has 3 aromatic carbocycles. The molecule has 0 fully saturated rings. The number of amides is 1. The molecule has 0 aromatic heterocycles. The first kappa shape index (κ1) is 24.2. The van der Waals surface area contributed by atoms with Gasteiger partial charge in [0.05, 0.1) is 11.5 Å². The number of hydrogen-bond acceptors (Lipinski definition) is 5. The van der Waals surface area contributed by atoms with E-state index in [4.69, 9.17) is 17.0 Å². The molecule has 0 aliphatic heterocycles. The van der Waals surface area contributed by atoms with Gasteiger partial charge in [-0.05, 0) is 78.8 Å². The van der Waals surface area contributed by atoms with Gasteiger partial charge < -0.3 is 10.1 Å². The summed E-state index contributed by atoms with van der Waals surface area (Å²) in [6, 6.07) is 21.5. The molecule has 0 saturated carbocycles. The summed E-state index contributed by atoms with van der Waals surface area (Å²) in [4.78, 5) is 12.5. The van der Waals surface area contributed by atoms with Gasteiger partial charge in [0.15, 0.2) is 5.11 Å². The number of sulfonamides is 1. The molecule has 3 rings (SSSR count). The molecule has 7 nitrogen and oxygen atoms in total. The Morgan fingerprint density at radius 2 is 1.55 bits per heavy atom. The topological polar surface area (TPSA) is 96.5 Å². The average Bonchev–Trinajstić information content (AvgIpc) is 2.78. The van der Waals surface area contributed by atoms with Gasteiger partial charge in [-0.2, -0.15) is 0 Å². The number of benzene rings is 3. The van der Waals surface area contributed by atoms with Crippen molar-refractivity contribution in [1.82, 2.24) is 5.32 Å². The van der Waals surface area contributed by atoms with Gasteiger partial charge in [0.1, 0.15) is 5.75 Å². The number of rotatable bonds is 8. The van der Waals surface area contributed by atoms with Crippen LogP contribution < -0.4 is 20.1 Å². The van der Waals surface area contributed by atoms with E-state index in [0.717, 1.165) is 0 Å². The van der Waals surface area contributed by atoms with Crippen molar-refractivity contribution in [3.8, 4) is 5.75 Å². The first-order valence-corrected chi connectivity index (χ1v) is 12.2. The lowest BCUT2D eigenvalue weighted by atomic mass is 10.2. The third kappa shape index (κ3) is 7.30. The van der Waals surface area contributed by atoms with E-state index in [1.54, 1.807) is 66.7 Å². The van der Waals surface area contributed by atoms with E-state index in [1.807, 2.05) is 0 Å².